The van der Waals surface area contributed by atoms with Crippen molar-refractivity contribution in [3.05, 3.63) is 72.1 Å². The average molecular weight is 260 g/mol. The lowest BCUT2D eigenvalue weighted by Gasteiger charge is -2.34. The van der Waals surface area contributed by atoms with E-state index in [1.807, 2.05) is 0 Å². The highest BCUT2D eigenvalue weighted by atomic mass is 15.4. The van der Waals surface area contributed by atoms with Crippen LogP contribution in [0.3, 0.4) is 0 Å². The van der Waals surface area contributed by atoms with E-state index >= 15 is 0 Å². The molecule has 0 atom stereocenters. The van der Waals surface area contributed by atoms with Crippen LogP contribution in [0.15, 0.2) is 60.9 Å². The van der Waals surface area contributed by atoms with Crippen molar-refractivity contribution < 1.29 is 0 Å². The van der Waals surface area contributed by atoms with Crippen molar-refractivity contribution in [2.75, 3.05) is 9.80 Å². The SMILES string of the molecule is C1=CN2c3ccccc3C3CCC2N1c1ccccc13. The molecule has 0 saturated heterocycles. The molecule has 0 fully saturated rings. The van der Waals surface area contributed by atoms with E-state index in [0.717, 1.165) is 0 Å². The van der Waals surface area contributed by atoms with Gasteiger partial charge >= 0.3 is 0 Å². The first-order chi connectivity index (χ1) is 9.93. The molecule has 98 valence electrons. The van der Waals surface area contributed by atoms with Gasteiger partial charge in [-0.2, -0.15) is 0 Å². The molecule has 3 aliphatic rings. The lowest BCUT2D eigenvalue weighted by molar-refractivity contribution is 0.603. The summed E-state index contributed by atoms with van der Waals surface area (Å²) in [5.74, 6) is 0.528. The summed E-state index contributed by atoms with van der Waals surface area (Å²) in [6.45, 7) is 0. The van der Waals surface area contributed by atoms with Crippen LogP contribution in [0.25, 0.3) is 0 Å². The van der Waals surface area contributed by atoms with E-state index in [2.05, 4.69) is 70.7 Å². The Morgan fingerprint density at radius 3 is 1.85 bits per heavy atom. The third-order valence-corrected chi connectivity index (χ3v) is 4.92. The van der Waals surface area contributed by atoms with Gasteiger partial charge in [0.25, 0.3) is 0 Å². The number of anilines is 2. The molecule has 0 aliphatic carbocycles. The second-order valence-electron chi connectivity index (χ2n) is 5.84. The molecular formula is C18H16N2. The van der Waals surface area contributed by atoms with Crippen LogP contribution in [0.5, 0.6) is 0 Å². The molecule has 0 amide bonds. The molecule has 3 aliphatic heterocycles. The highest BCUT2D eigenvalue weighted by Gasteiger charge is 2.39. The second kappa shape index (κ2) is 3.66. The summed E-state index contributed by atoms with van der Waals surface area (Å²) in [4.78, 5) is 4.90. The van der Waals surface area contributed by atoms with Gasteiger partial charge in [0.1, 0.15) is 6.17 Å². The van der Waals surface area contributed by atoms with Crippen molar-refractivity contribution in [3.63, 3.8) is 0 Å². The maximum atomic E-state index is 2.45. The molecule has 0 radical (unpaired) electrons. The number of nitrogens with zero attached hydrogens (tertiary/aromatic N) is 2. The van der Waals surface area contributed by atoms with Crippen molar-refractivity contribution >= 4 is 11.4 Å². The molecule has 20 heavy (non-hydrogen) atoms. The predicted octanol–water partition coefficient (Wildman–Crippen LogP) is 4.05. The Labute approximate surface area is 118 Å². The monoisotopic (exact) mass is 260 g/mol. The van der Waals surface area contributed by atoms with Gasteiger partial charge in [-0.1, -0.05) is 36.4 Å². The molecule has 0 saturated carbocycles. The van der Waals surface area contributed by atoms with Crippen LogP contribution in [-0.2, 0) is 0 Å². The van der Waals surface area contributed by atoms with Gasteiger partial charge in [0.2, 0.25) is 0 Å². The molecule has 0 unspecified atom stereocenters. The van der Waals surface area contributed by atoms with Crippen LogP contribution in [0.4, 0.5) is 11.4 Å². The summed E-state index contributed by atoms with van der Waals surface area (Å²) in [5, 5.41) is 0. The number of rotatable bonds is 0. The standard InChI is InChI=1S/C18H16N2/c1-3-7-16-14(5-1)13-9-10-18-19(16)11-12-20(18)17-8-4-2-6-15(13)17/h1-8,11-13,18H,9-10H2. The molecule has 2 bridgehead atoms. The second-order valence-corrected chi connectivity index (χ2v) is 5.84. The van der Waals surface area contributed by atoms with E-state index in [0.29, 0.717) is 12.1 Å². The van der Waals surface area contributed by atoms with E-state index in [9.17, 15) is 0 Å². The largest absolute Gasteiger partial charge is 0.325 e. The lowest BCUT2D eigenvalue weighted by Crippen LogP contribution is -2.38. The Bertz CT molecular complexity index is 661. The maximum Gasteiger partial charge on any atom is 0.110 e. The number of fused-ring (bicyclic) bond motifs is 8. The van der Waals surface area contributed by atoms with E-state index in [1.165, 1.54) is 35.3 Å². The van der Waals surface area contributed by atoms with E-state index in [1.54, 1.807) is 0 Å². The fourth-order valence-electron chi connectivity index (χ4n) is 4.07. The molecule has 2 aromatic carbocycles. The summed E-state index contributed by atoms with van der Waals surface area (Å²) in [6.07, 6.45) is 7.38. The van der Waals surface area contributed by atoms with Gasteiger partial charge in [0, 0.05) is 29.7 Å². The smallest absolute Gasteiger partial charge is 0.110 e. The van der Waals surface area contributed by atoms with Gasteiger partial charge in [-0.15, -0.1) is 0 Å². The van der Waals surface area contributed by atoms with Crippen molar-refractivity contribution in [2.45, 2.75) is 24.9 Å². The zero-order chi connectivity index (χ0) is 13.1. The minimum Gasteiger partial charge on any atom is -0.325 e. The van der Waals surface area contributed by atoms with Crippen LogP contribution in [0, 0.1) is 0 Å². The fraction of sp³-hybridized carbons (Fsp3) is 0.222. The number of hydrogen-bond acceptors (Lipinski definition) is 2. The van der Waals surface area contributed by atoms with Gasteiger partial charge in [0.15, 0.2) is 0 Å². The van der Waals surface area contributed by atoms with Crippen LogP contribution in [0.2, 0.25) is 0 Å². The Morgan fingerprint density at radius 1 is 0.700 bits per heavy atom. The molecule has 5 rings (SSSR count). The van der Waals surface area contributed by atoms with Crippen molar-refractivity contribution in [3.8, 4) is 0 Å². The van der Waals surface area contributed by atoms with E-state index in [-0.39, 0.29) is 0 Å². The van der Waals surface area contributed by atoms with Crippen molar-refractivity contribution in [1.82, 2.24) is 0 Å². The van der Waals surface area contributed by atoms with Gasteiger partial charge in [-0.3, -0.25) is 0 Å². The summed E-state index contributed by atoms with van der Waals surface area (Å²) >= 11 is 0. The van der Waals surface area contributed by atoms with Crippen molar-refractivity contribution in [1.29, 1.82) is 0 Å². The zero-order valence-electron chi connectivity index (χ0n) is 11.2. The first-order valence-corrected chi connectivity index (χ1v) is 7.36. The zero-order valence-corrected chi connectivity index (χ0v) is 11.2. The topological polar surface area (TPSA) is 6.48 Å². The molecule has 0 N–H and O–H groups in total. The predicted molar refractivity (Wildman–Crippen MR) is 81.8 cm³/mol. The molecule has 2 heteroatoms. The molecule has 2 nitrogen and oxygen atoms in total. The molecule has 3 heterocycles. The highest BCUT2D eigenvalue weighted by molar-refractivity contribution is 5.72. The summed E-state index contributed by atoms with van der Waals surface area (Å²) in [6, 6.07) is 17.8. The lowest BCUT2D eigenvalue weighted by atomic mass is 9.87. The Hall–Kier alpha value is -2.22. The first-order valence-electron chi connectivity index (χ1n) is 7.36. The first kappa shape index (κ1) is 10.6. The van der Waals surface area contributed by atoms with E-state index in [4.69, 9.17) is 0 Å². The van der Waals surface area contributed by atoms with Gasteiger partial charge in [0.05, 0.1) is 0 Å². The number of para-hydroxylation sites is 2. The average Bonchev–Trinajstić information content (AvgIpc) is 2.78. The minimum absolute atomic E-state index is 0.449. The summed E-state index contributed by atoms with van der Waals surface area (Å²) in [7, 11) is 0. The van der Waals surface area contributed by atoms with Crippen LogP contribution >= 0.6 is 0 Å². The third kappa shape index (κ3) is 1.19. The Balaban J connectivity index is 1.88. The highest BCUT2D eigenvalue weighted by Crippen LogP contribution is 2.49. The fourth-order valence-corrected chi connectivity index (χ4v) is 4.07. The molecule has 2 aromatic rings. The van der Waals surface area contributed by atoms with Gasteiger partial charge < -0.3 is 9.80 Å². The van der Waals surface area contributed by atoms with Gasteiger partial charge in [-0.05, 0) is 36.1 Å². The molecular weight excluding hydrogens is 244 g/mol. The van der Waals surface area contributed by atoms with Crippen LogP contribution < -0.4 is 9.80 Å². The normalized spacial score (nSPS) is 25.2. The quantitative estimate of drug-likeness (QED) is 0.705. The third-order valence-electron chi connectivity index (χ3n) is 4.92. The maximum absolute atomic E-state index is 2.45. The number of hydrogen-bond donors (Lipinski definition) is 0. The number of benzene rings is 2. The Kier molecular flexibility index (Phi) is 1.93. The van der Waals surface area contributed by atoms with Crippen molar-refractivity contribution in [2.24, 2.45) is 0 Å². The van der Waals surface area contributed by atoms with Crippen LogP contribution in [-0.4, -0.2) is 6.17 Å². The molecule has 0 spiro atoms. The molecule has 0 aromatic heterocycles. The summed E-state index contributed by atoms with van der Waals surface area (Å²) in [5.41, 5.74) is 5.73. The minimum atomic E-state index is 0.449. The van der Waals surface area contributed by atoms with Gasteiger partial charge in [-0.25, -0.2) is 0 Å². The van der Waals surface area contributed by atoms with Crippen LogP contribution in [0.1, 0.15) is 29.9 Å². The Morgan fingerprint density at radius 2 is 1.25 bits per heavy atom. The summed E-state index contributed by atoms with van der Waals surface area (Å²) < 4.78 is 0. The van der Waals surface area contributed by atoms with E-state index < -0.39 is 0 Å².